The highest BCUT2D eigenvalue weighted by Gasteiger charge is 2.39. The molecule has 1 aromatic rings. The van der Waals surface area contributed by atoms with Crippen molar-refractivity contribution in [2.45, 2.75) is 51.2 Å². The average Bonchev–Trinajstić information content (AvgIpc) is 3.06. The first-order chi connectivity index (χ1) is 12.2. The zero-order valence-corrected chi connectivity index (χ0v) is 15.0. The van der Waals surface area contributed by atoms with E-state index in [0.29, 0.717) is 32.8 Å². The van der Waals surface area contributed by atoms with Crippen LogP contribution < -0.4 is 4.74 Å². The number of amides is 1. The van der Waals surface area contributed by atoms with Gasteiger partial charge in [-0.3, -0.25) is 4.79 Å². The number of nitrogens with zero attached hydrogens (tertiary/aromatic N) is 1. The van der Waals surface area contributed by atoms with Crippen molar-refractivity contribution in [2.75, 3.05) is 26.4 Å². The molecule has 2 fully saturated rings. The van der Waals surface area contributed by atoms with E-state index >= 15 is 0 Å². The summed E-state index contributed by atoms with van der Waals surface area (Å²) >= 11 is 0. The summed E-state index contributed by atoms with van der Waals surface area (Å²) in [5.41, 5.74) is 0.968. The Bertz CT molecular complexity index is 577. The summed E-state index contributed by atoms with van der Waals surface area (Å²) in [6.07, 6.45) is 3.85. The van der Waals surface area contributed by atoms with Gasteiger partial charge in [0.2, 0.25) is 5.91 Å². The Hall–Kier alpha value is -1.59. The van der Waals surface area contributed by atoms with Gasteiger partial charge >= 0.3 is 0 Å². The van der Waals surface area contributed by atoms with Crippen LogP contribution in [0.2, 0.25) is 0 Å². The van der Waals surface area contributed by atoms with E-state index in [-0.39, 0.29) is 24.0 Å². The number of hydrogen-bond donors (Lipinski definition) is 1. The molecule has 0 spiro atoms. The number of ether oxygens (including phenoxy) is 2. The number of aliphatic hydroxyl groups is 1. The number of rotatable bonds is 6. The van der Waals surface area contributed by atoms with Crippen LogP contribution in [0, 0.1) is 5.92 Å². The molecule has 1 heterocycles. The van der Waals surface area contributed by atoms with Crippen LogP contribution in [0.4, 0.5) is 0 Å². The van der Waals surface area contributed by atoms with Crippen LogP contribution in [-0.2, 0) is 16.0 Å². The highest BCUT2D eigenvalue weighted by atomic mass is 16.5. The molecule has 5 nitrogen and oxygen atoms in total. The van der Waals surface area contributed by atoms with E-state index in [2.05, 4.69) is 6.92 Å². The minimum absolute atomic E-state index is 0.00160. The first kappa shape index (κ1) is 18.2. The molecular formula is C20H29NO4. The Morgan fingerprint density at radius 2 is 2.28 bits per heavy atom. The van der Waals surface area contributed by atoms with Gasteiger partial charge in [-0.05, 0) is 37.0 Å². The van der Waals surface area contributed by atoms with Crippen LogP contribution in [0.1, 0.15) is 38.2 Å². The van der Waals surface area contributed by atoms with Crippen molar-refractivity contribution in [2.24, 2.45) is 5.92 Å². The molecule has 0 unspecified atom stereocenters. The quantitative estimate of drug-likeness (QED) is 0.858. The number of hydrogen-bond acceptors (Lipinski definition) is 4. The maximum Gasteiger partial charge on any atom is 0.227 e. The van der Waals surface area contributed by atoms with Crippen LogP contribution in [0.3, 0.4) is 0 Å². The Morgan fingerprint density at radius 1 is 1.40 bits per heavy atom. The van der Waals surface area contributed by atoms with Gasteiger partial charge in [-0.15, -0.1) is 0 Å². The van der Waals surface area contributed by atoms with Crippen molar-refractivity contribution in [3.8, 4) is 5.75 Å². The topological polar surface area (TPSA) is 59.0 Å². The lowest BCUT2D eigenvalue weighted by Gasteiger charge is -2.40. The number of morpholine rings is 1. The second-order valence-electron chi connectivity index (χ2n) is 7.06. The van der Waals surface area contributed by atoms with Gasteiger partial charge in [0.25, 0.3) is 0 Å². The molecule has 5 heteroatoms. The predicted octanol–water partition coefficient (Wildman–Crippen LogP) is 2.41. The van der Waals surface area contributed by atoms with E-state index in [1.165, 1.54) is 0 Å². The third-order valence-electron chi connectivity index (χ3n) is 5.24. The van der Waals surface area contributed by atoms with Gasteiger partial charge in [0.05, 0.1) is 38.4 Å². The van der Waals surface area contributed by atoms with Crippen LogP contribution in [0.25, 0.3) is 0 Å². The smallest absolute Gasteiger partial charge is 0.227 e. The Morgan fingerprint density at radius 3 is 3.04 bits per heavy atom. The third-order valence-corrected chi connectivity index (χ3v) is 5.24. The molecule has 3 rings (SSSR count). The lowest BCUT2D eigenvalue weighted by Crippen LogP contribution is -2.54. The Labute approximate surface area is 149 Å². The van der Waals surface area contributed by atoms with Gasteiger partial charge < -0.3 is 19.5 Å². The minimum atomic E-state index is -0.312. The van der Waals surface area contributed by atoms with E-state index < -0.39 is 0 Å². The minimum Gasteiger partial charge on any atom is -0.494 e. The van der Waals surface area contributed by atoms with Crippen molar-refractivity contribution in [3.05, 3.63) is 29.8 Å². The van der Waals surface area contributed by atoms with Gasteiger partial charge in [-0.25, -0.2) is 0 Å². The van der Waals surface area contributed by atoms with Gasteiger partial charge in [0.15, 0.2) is 0 Å². The molecule has 1 amide bonds. The highest BCUT2D eigenvalue weighted by molar-refractivity contribution is 5.79. The molecular weight excluding hydrogens is 318 g/mol. The molecule has 1 N–H and O–H groups in total. The highest BCUT2D eigenvalue weighted by Crippen LogP contribution is 2.32. The molecule has 0 radical (unpaired) electrons. The molecule has 0 bridgehead atoms. The second-order valence-corrected chi connectivity index (χ2v) is 7.06. The van der Waals surface area contributed by atoms with Gasteiger partial charge in [0, 0.05) is 12.5 Å². The van der Waals surface area contributed by atoms with Gasteiger partial charge in [-0.2, -0.15) is 0 Å². The molecule has 3 atom stereocenters. The average molecular weight is 347 g/mol. The van der Waals surface area contributed by atoms with Crippen molar-refractivity contribution in [1.29, 1.82) is 0 Å². The molecule has 0 aromatic heterocycles. The van der Waals surface area contributed by atoms with E-state index in [4.69, 9.17) is 9.47 Å². The van der Waals surface area contributed by atoms with Crippen molar-refractivity contribution in [1.82, 2.24) is 4.90 Å². The fourth-order valence-electron chi connectivity index (χ4n) is 3.95. The largest absolute Gasteiger partial charge is 0.494 e. The third kappa shape index (κ3) is 4.53. The first-order valence-electron chi connectivity index (χ1n) is 9.46. The van der Waals surface area contributed by atoms with Gasteiger partial charge in [-0.1, -0.05) is 25.5 Å². The molecule has 2 aliphatic rings. The summed E-state index contributed by atoms with van der Waals surface area (Å²) in [4.78, 5) is 14.8. The Balaban J connectivity index is 1.66. The molecule has 1 aromatic carbocycles. The maximum atomic E-state index is 12.9. The molecule has 25 heavy (non-hydrogen) atoms. The van der Waals surface area contributed by atoms with E-state index in [1.807, 2.05) is 29.2 Å². The second kappa shape index (κ2) is 8.68. The standard InChI is InChI=1S/C20H29NO4/c1-2-10-25-16-6-3-5-15(12-16)13-20(23)21-9-11-24-14-18(21)17-7-4-8-19(17)22/h3,5-6,12,17-19,22H,2,4,7-11,13-14H2,1H3/t17-,18+,19+/m0/s1. The monoisotopic (exact) mass is 347 g/mol. The fourth-order valence-corrected chi connectivity index (χ4v) is 3.95. The number of carbonyl (C=O) groups is 1. The molecule has 1 saturated carbocycles. The van der Waals surface area contributed by atoms with E-state index in [0.717, 1.165) is 37.0 Å². The zero-order chi connectivity index (χ0) is 17.6. The summed E-state index contributed by atoms with van der Waals surface area (Å²) in [5, 5.41) is 10.2. The predicted molar refractivity (Wildman–Crippen MR) is 95.6 cm³/mol. The summed E-state index contributed by atoms with van der Waals surface area (Å²) in [7, 11) is 0. The zero-order valence-electron chi connectivity index (χ0n) is 15.0. The number of benzene rings is 1. The summed E-state index contributed by atoms with van der Waals surface area (Å²) < 4.78 is 11.3. The van der Waals surface area contributed by atoms with Crippen LogP contribution in [0.5, 0.6) is 5.75 Å². The van der Waals surface area contributed by atoms with Gasteiger partial charge in [0.1, 0.15) is 5.75 Å². The fraction of sp³-hybridized carbons (Fsp3) is 0.650. The number of carbonyl (C=O) groups excluding carboxylic acids is 1. The molecule has 1 saturated heterocycles. The first-order valence-corrected chi connectivity index (χ1v) is 9.46. The van der Waals surface area contributed by atoms with Crippen molar-refractivity contribution >= 4 is 5.91 Å². The van der Waals surface area contributed by atoms with Crippen LogP contribution in [-0.4, -0.2) is 54.4 Å². The SMILES string of the molecule is CCCOc1cccc(CC(=O)N2CCOC[C@@H]2[C@@H]2CCC[C@H]2O)c1. The van der Waals surface area contributed by atoms with E-state index in [9.17, 15) is 9.90 Å². The lowest BCUT2D eigenvalue weighted by molar-refractivity contribution is -0.143. The molecule has 1 aliphatic heterocycles. The van der Waals surface area contributed by atoms with E-state index in [1.54, 1.807) is 0 Å². The lowest BCUT2D eigenvalue weighted by atomic mass is 9.93. The normalized spacial score (nSPS) is 26.6. The molecule has 1 aliphatic carbocycles. The maximum absolute atomic E-state index is 12.9. The van der Waals surface area contributed by atoms with Crippen LogP contribution in [0.15, 0.2) is 24.3 Å². The summed E-state index contributed by atoms with van der Waals surface area (Å²) in [6.45, 7) is 4.47. The Kier molecular flexibility index (Phi) is 6.32. The molecule has 138 valence electrons. The summed E-state index contributed by atoms with van der Waals surface area (Å²) in [6, 6.07) is 7.78. The number of aliphatic hydroxyl groups excluding tert-OH is 1. The van der Waals surface area contributed by atoms with Crippen LogP contribution >= 0.6 is 0 Å². The van der Waals surface area contributed by atoms with Crippen molar-refractivity contribution in [3.63, 3.8) is 0 Å². The summed E-state index contributed by atoms with van der Waals surface area (Å²) in [5.74, 6) is 1.07. The van der Waals surface area contributed by atoms with Crippen molar-refractivity contribution < 1.29 is 19.4 Å².